The molecule has 0 aliphatic rings. The molecule has 14 heavy (non-hydrogen) atoms. The van der Waals surface area contributed by atoms with Crippen LogP contribution < -0.4 is 5.73 Å². The van der Waals surface area contributed by atoms with E-state index in [9.17, 15) is 9.59 Å². The van der Waals surface area contributed by atoms with Crippen LogP contribution in [0.5, 0.6) is 0 Å². The van der Waals surface area contributed by atoms with Crippen LogP contribution in [0.25, 0.3) is 6.08 Å². The van der Waals surface area contributed by atoms with Crippen LogP contribution in [0, 0.1) is 0 Å². The minimum atomic E-state index is -0.665. The molecule has 1 rings (SSSR count). The Kier molecular flexibility index (Phi) is 3.87. The molecule has 0 saturated carbocycles. The zero-order valence-corrected chi connectivity index (χ0v) is 8.12. The molecule has 0 aliphatic heterocycles. The molecule has 0 saturated heterocycles. The van der Waals surface area contributed by atoms with E-state index < -0.39 is 11.9 Å². The van der Waals surface area contributed by atoms with Crippen molar-refractivity contribution in [3.8, 4) is 0 Å². The van der Waals surface area contributed by atoms with Gasteiger partial charge in [0, 0.05) is 6.08 Å². The van der Waals surface area contributed by atoms with E-state index in [0.717, 1.165) is 5.56 Å². The lowest BCUT2D eigenvalue weighted by Crippen LogP contribution is -2.19. The van der Waals surface area contributed by atoms with Gasteiger partial charge in [-0.25, -0.2) is 4.79 Å². The van der Waals surface area contributed by atoms with E-state index in [4.69, 9.17) is 5.73 Å². The number of thiophene rings is 1. The maximum Gasteiger partial charge on any atom is 0.331 e. The van der Waals surface area contributed by atoms with E-state index in [1.54, 1.807) is 6.08 Å². The van der Waals surface area contributed by atoms with Gasteiger partial charge in [0.15, 0.2) is 6.61 Å². The predicted molar refractivity (Wildman–Crippen MR) is 53.5 cm³/mol. The first kappa shape index (κ1) is 10.5. The molecule has 0 bridgehead atoms. The largest absolute Gasteiger partial charge is 0.452 e. The lowest BCUT2D eigenvalue weighted by Gasteiger charge is -1.95. The van der Waals surface area contributed by atoms with E-state index >= 15 is 0 Å². The Morgan fingerprint density at radius 3 is 2.93 bits per heavy atom. The number of esters is 1. The number of hydrogen-bond acceptors (Lipinski definition) is 4. The van der Waals surface area contributed by atoms with E-state index in [1.807, 2.05) is 16.8 Å². The summed E-state index contributed by atoms with van der Waals surface area (Å²) in [6.45, 7) is -0.382. The van der Waals surface area contributed by atoms with Crippen LogP contribution in [0.1, 0.15) is 5.56 Å². The molecular formula is C9H9NO3S. The SMILES string of the molecule is NC(=O)COC(=O)/C=C/c1ccsc1. The summed E-state index contributed by atoms with van der Waals surface area (Å²) in [4.78, 5) is 21.2. The van der Waals surface area contributed by atoms with Gasteiger partial charge in [0.25, 0.3) is 5.91 Å². The monoisotopic (exact) mass is 211 g/mol. The number of ether oxygens (including phenoxy) is 1. The fourth-order valence-electron chi connectivity index (χ4n) is 0.724. The van der Waals surface area contributed by atoms with Gasteiger partial charge in [0.1, 0.15) is 0 Å². The summed E-state index contributed by atoms with van der Waals surface area (Å²) in [5.74, 6) is -1.24. The Hall–Kier alpha value is -1.62. The maximum atomic E-state index is 10.9. The highest BCUT2D eigenvalue weighted by atomic mass is 32.1. The summed E-state index contributed by atoms with van der Waals surface area (Å²) in [6.07, 6.45) is 2.87. The fourth-order valence-corrected chi connectivity index (χ4v) is 1.35. The van der Waals surface area contributed by atoms with Crippen molar-refractivity contribution in [1.82, 2.24) is 0 Å². The molecule has 0 atom stereocenters. The molecule has 2 N–H and O–H groups in total. The Labute approximate surface area is 85.0 Å². The minimum Gasteiger partial charge on any atom is -0.452 e. The van der Waals surface area contributed by atoms with Crippen molar-refractivity contribution in [2.75, 3.05) is 6.61 Å². The second-order valence-corrected chi connectivity index (χ2v) is 3.24. The molecule has 0 aromatic carbocycles. The van der Waals surface area contributed by atoms with E-state index in [1.165, 1.54) is 17.4 Å². The van der Waals surface area contributed by atoms with E-state index in [-0.39, 0.29) is 6.61 Å². The molecule has 0 aliphatic carbocycles. The quantitative estimate of drug-likeness (QED) is 0.591. The van der Waals surface area contributed by atoms with Gasteiger partial charge in [-0.2, -0.15) is 11.3 Å². The Morgan fingerprint density at radius 2 is 2.36 bits per heavy atom. The van der Waals surface area contributed by atoms with Crippen molar-refractivity contribution in [3.05, 3.63) is 28.5 Å². The number of carbonyl (C=O) groups is 2. The summed E-state index contributed by atoms with van der Waals surface area (Å²) >= 11 is 1.53. The highest BCUT2D eigenvalue weighted by molar-refractivity contribution is 7.08. The van der Waals surface area contributed by atoms with Crippen LogP contribution in [0.3, 0.4) is 0 Å². The molecular weight excluding hydrogens is 202 g/mol. The van der Waals surface area contributed by atoms with Crippen LogP contribution in [-0.2, 0) is 14.3 Å². The van der Waals surface area contributed by atoms with Gasteiger partial charge in [-0.3, -0.25) is 4.79 Å². The topological polar surface area (TPSA) is 69.4 Å². The van der Waals surface area contributed by atoms with Crippen LogP contribution in [0.15, 0.2) is 22.9 Å². The zero-order valence-electron chi connectivity index (χ0n) is 7.30. The third kappa shape index (κ3) is 3.86. The van der Waals surface area contributed by atoms with Gasteiger partial charge in [0.2, 0.25) is 0 Å². The summed E-state index contributed by atoms with van der Waals surface area (Å²) in [5, 5.41) is 3.78. The molecule has 1 amide bonds. The molecule has 74 valence electrons. The first-order chi connectivity index (χ1) is 6.68. The third-order valence-electron chi connectivity index (χ3n) is 1.31. The van der Waals surface area contributed by atoms with Gasteiger partial charge in [-0.1, -0.05) is 0 Å². The average molecular weight is 211 g/mol. The first-order valence-corrected chi connectivity index (χ1v) is 4.78. The Balaban J connectivity index is 2.37. The van der Waals surface area contributed by atoms with Crippen molar-refractivity contribution >= 4 is 29.3 Å². The third-order valence-corrected chi connectivity index (χ3v) is 2.01. The molecule has 4 nitrogen and oxygen atoms in total. The summed E-state index contributed by atoms with van der Waals surface area (Å²) in [6, 6.07) is 1.86. The number of hydrogen-bond donors (Lipinski definition) is 1. The lowest BCUT2D eigenvalue weighted by molar-refractivity contribution is -0.142. The van der Waals surface area contributed by atoms with Gasteiger partial charge in [0.05, 0.1) is 0 Å². The molecule has 1 aromatic rings. The second-order valence-electron chi connectivity index (χ2n) is 2.46. The molecule has 1 aromatic heterocycles. The van der Waals surface area contributed by atoms with Crippen LogP contribution in [0.2, 0.25) is 0 Å². The normalized spacial score (nSPS) is 10.3. The van der Waals surface area contributed by atoms with Crippen LogP contribution in [0.4, 0.5) is 0 Å². The molecule has 1 heterocycles. The fraction of sp³-hybridized carbons (Fsp3) is 0.111. The van der Waals surface area contributed by atoms with E-state index in [0.29, 0.717) is 0 Å². The molecule has 0 unspecified atom stereocenters. The van der Waals surface area contributed by atoms with Crippen molar-refractivity contribution in [3.63, 3.8) is 0 Å². The number of amides is 1. The smallest absolute Gasteiger partial charge is 0.331 e. The highest BCUT2D eigenvalue weighted by Gasteiger charge is 1.99. The van der Waals surface area contributed by atoms with Gasteiger partial charge >= 0.3 is 5.97 Å². The summed E-state index contributed by atoms with van der Waals surface area (Å²) in [7, 11) is 0. The van der Waals surface area contributed by atoms with Gasteiger partial charge in [-0.05, 0) is 28.5 Å². The van der Waals surface area contributed by atoms with Crippen molar-refractivity contribution < 1.29 is 14.3 Å². The summed E-state index contributed by atoms with van der Waals surface area (Å²) in [5.41, 5.74) is 5.72. The van der Waals surface area contributed by atoms with Crippen molar-refractivity contribution in [1.29, 1.82) is 0 Å². The first-order valence-electron chi connectivity index (χ1n) is 3.84. The lowest BCUT2D eigenvalue weighted by atomic mass is 10.3. The standard InChI is InChI=1S/C9H9NO3S/c10-8(11)5-13-9(12)2-1-7-3-4-14-6-7/h1-4,6H,5H2,(H2,10,11)/b2-1+. The number of rotatable bonds is 4. The van der Waals surface area contributed by atoms with Gasteiger partial charge < -0.3 is 10.5 Å². The minimum absolute atomic E-state index is 0.382. The molecule has 0 radical (unpaired) electrons. The molecule has 0 fully saturated rings. The average Bonchev–Trinajstić information content (AvgIpc) is 2.63. The predicted octanol–water partition coefficient (Wildman–Crippen LogP) is 0.790. The molecule has 0 spiro atoms. The van der Waals surface area contributed by atoms with Crippen molar-refractivity contribution in [2.45, 2.75) is 0 Å². The Morgan fingerprint density at radius 1 is 1.57 bits per heavy atom. The second kappa shape index (κ2) is 5.18. The number of carbonyl (C=O) groups excluding carboxylic acids is 2. The van der Waals surface area contributed by atoms with E-state index in [2.05, 4.69) is 4.74 Å². The van der Waals surface area contributed by atoms with Crippen LogP contribution in [-0.4, -0.2) is 18.5 Å². The summed E-state index contributed by atoms with van der Waals surface area (Å²) < 4.78 is 4.50. The maximum absolute atomic E-state index is 10.9. The van der Waals surface area contributed by atoms with Gasteiger partial charge in [-0.15, -0.1) is 0 Å². The van der Waals surface area contributed by atoms with Crippen molar-refractivity contribution in [2.24, 2.45) is 5.73 Å². The Bertz CT molecular complexity index is 343. The number of primary amides is 1. The highest BCUT2D eigenvalue weighted by Crippen LogP contribution is 2.07. The zero-order chi connectivity index (χ0) is 10.4. The molecule has 5 heteroatoms. The van der Waals surface area contributed by atoms with Crippen LogP contribution >= 0.6 is 11.3 Å². The number of nitrogens with two attached hydrogens (primary N) is 1.